The van der Waals surface area contributed by atoms with Crippen LogP contribution in [0, 0.1) is 0 Å². The zero-order valence-electron chi connectivity index (χ0n) is 9.81. The monoisotopic (exact) mass is 298 g/mol. The predicted octanol–water partition coefficient (Wildman–Crippen LogP) is 0.296. The second kappa shape index (κ2) is 6.83. The van der Waals surface area contributed by atoms with Crippen LogP contribution < -0.4 is 10.9 Å². The van der Waals surface area contributed by atoms with Crippen LogP contribution in [0.2, 0.25) is 0 Å². The van der Waals surface area contributed by atoms with Crippen molar-refractivity contribution in [1.82, 2.24) is 0 Å². The lowest BCUT2D eigenvalue weighted by Crippen LogP contribution is -2.11. The largest absolute Gasteiger partial charge is 0.471 e. The molecular weight excluding hydrogens is 283 g/mol. The Labute approximate surface area is 105 Å². The van der Waals surface area contributed by atoms with E-state index in [1.807, 2.05) is 0 Å². The summed E-state index contributed by atoms with van der Waals surface area (Å²) in [6.07, 6.45) is 0. The highest BCUT2D eigenvalue weighted by Crippen LogP contribution is 2.40. The molecule has 1 rings (SSSR count). The predicted molar refractivity (Wildman–Crippen MR) is 66.1 cm³/mol. The quantitative estimate of drug-likeness (QED) is 0.538. The van der Waals surface area contributed by atoms with E-state index in [1.54, 1.807) is 0 Å². The van der Waals surface area contributed by atoms with Gasteiger partial charge in [-0.1, -0.05) is 0 Å². The smallest absolute Gasteiger partial charge is 0.399 e. The number of primary sulfonamides is 1. The molecule has 0 unspecified atom stereocenters. The molecule has 0 atom stereocenters. The topological polar surface area (TPSA) is 142 Å². The minimum absolute atomic E-state index is 0.0756. The lowest BCUT2D eigenvalue weighted by molar-refractivity contribution is 0.204. The molecule has 0 aliphatic heterocycles. The zero-order valence-corrected chi connectivity index (χ0v) is 11.5. The Kier molecular flexibility index (Phi) is 6.47. The molecule has 18 heavy (non-hydrogen) atoms. The maximum Gasteiger partial charge on any atom is 0.471 e. The molecule has 0 amide bonds. The fourth-order valence-electron chi connectivity index (χ4n) is 0.732. The van der Waals surface area contributed by atoms with E-state index in [0.717, 1.165) is 14.2 Å². The number of rotatable bonds is 3. The number of anilines is 1. The molecule has 1 aromatic rings. The molecule has 0 saturated heterocycles. The summed E-state index contributed by atoms with van der Waals surface area (Å²) >= 11 is 0. The van der Waals surface area contributed by atoms with E-state index in [-0.39, 0.29) is 4.90 Å². The van der Waals surface area contributed by atoms with Crippen molar-refractivity contribution in [3.63, 3.8) is 0 Å². The first-order valence-electron chi connectivity index (χ1n) is 4.45. The zero-order chi connectivity index (χ0) is 14.4. The Morgan fingerprint density at radius 1 is 1.17 bits per heavy atom. The van der Waals surface area contributed by atoms with Crippen LogP contribution in [0.5, 0.6) is 0 Å². The number of hydrogen-bond acceptors (Lipinski definition) is 6. The lowest BCUT2D eigenvalue weighted by Gasteiger charge is -2.01. The number of nitrogens with two attached hydrogens (primary N) is 2. The van der Waals surface area contributed by atoms with Crippen LogP contribution in [-0.2, 0) is 23.6 Å². The third-order valence-corrected chi connectivity index (χ3v) is 3.52. The van der Waals surface area contributed by atoms with Gasteiger partial charge >= 0.3 is 7.82 Å². The Hall–Kier alpha value is -0.960. The molecule has 104 valence electrons. The third-order valence-electron chi connectivity index (χ3n) is 1.67. The summed E-state index contributed by atoms with van der Waals surface area (Å²) in [5.74, 6) is 0. The van der Waals surface area contributed by atoms with Crippen molar-refractivity contribution >= 4 is 23.5 Å². The van der Waals surface area contributed by atoms with Gasteiger partial charge in [0.05, 0.1) is 4.90 Å². The number of sulfonamides is 1. The van der Waals surface area contributed by atoms with Gasteiger partial charge in [-0.2, -0.15) is 0 Å². The molecule has 1 aromatic carbocycles. The summed E-state index contributed by atoms with van der Waals surface area (Å²) in [7, 11) is -5.03. The lowest BCUT2D eigenvalue weighted by atomic mass is 10.3. The second-order valence-electron chi connectivity index (χ2n) is 2.95. The summed E-state index contributed by atoms with van der Waals surface area (Å²) in [6.45, 7) is 0. The first kappa shape index (κ1) is 17.0. The van der Waals surface area contributed by atoms with Gasteiger partial charge in [0.1, 0.15) is 0 Å². The Morgan fingerprint density at radius 3 is 1.78 bits per heavy atom. The van der Waals surface area contributed by atoms with Crippen LogP contribution in [0.25, 0.3) is 0 Å². The first-order valence-corrected chi connectivity index (χ1v) is 7.49. The molecule has 0 heterocycles. The van der Waals surface area contributed by atoms with Crippen molar-refractivity contribution in [3.05, 3.63) is 24.3 Å². The van der Waals surface area contributed by atoms with Gasteiger partial charge in [0, 0.05) is 19.9 Å². The SMILES string of the molecule is COP(=O)(O)OC.Nc1ccc(S(N)(=O)=O)cc1. The summed E-state index contributed by atoms with van der Waals surface area (Å²) in [6, 6.07) is 5.70. The molecule has 8 nitrogen and oxygen atoms in total. The van der Waals surface area contributed by atoms with Crippen LogP contribution in [-0.4, -0.2) is 27.5 Å². The highest BCUT2D eigenvalue weighted by atomic mass is 32.2. The molecule has 0 radical (unpaired) electrons. The third kappa shape index (κ3) is 6.70. The maximum absolute atomic E-state index is 10.7. The molecular formula is C8H15N2O6PS. The molecule has 5 N–H and O–H groups in total. The summed E-state index contributed by atoms with van der Waals surface area (Å²) in [5.41, 5.74) is 5.85. The molecule has 0 spiro atoms. The highest BCUT2D eigenvalue weighted by Gasteiger charge is 2.13. The van der Waals surface area contributed by atoms with Crippen molar-refractivity contribution in [3.8, 4) is 0 Å². The number of hydrogen-bond donors (Lipinski definition) is 3. The fraction of sp³-hybridized carbons (Fsp3) is 0.250. The van der Waals surface area contributed by atoms with Gasteiger partial charge in [-0.3, -0.25) is 9.05 Å². The van der Waals surface area contributed by atoms with Crippen LogP contribution in [0.4, 0.5) is 5.69 Å². The average Bonchev–Trinajstić information content (AvgIpc) is 2.29. The van der Waals surface area contributed by atoms with E-state index >= 15 is 0 Å². The summed E-state index contributed by atoms with van der Waals surface area (Å²) in [5, 5.41) is 4.84. The van der Waals surface area contributed by atoms with E-state index in [0.29, 0.717) is 5.69 Å². The summed E-state index contributed by atoms with van der Waals surface area (Å²) < 4.78 is 39.4. The van der Waals surface area contributed by atoms with Crippen molar-refractivity contribution in [2.75, 3.05) is 20.0 Å². The van der Waals surface area contributed by atoms with Crippen molar-refractivity contribution < 1.29 is 26.9 Å². The van der Waals surface area contributed by atoms with Crippen LogP contribution in [0.1, 0.15) is 0 Å². The minimum Gasteiger partial charge on any atom is -0.399 e. The van der Waals surface area contributed by atoms with Crippen LogP contribution in [0.15, 0.2) is 29.2 Å². The van der Waals surface area contributed by atoms with Crippen molar-refractivity contribution in [2.24, 2.45) is 5.14 Å². The second-order valence-corrected chi connectivity index (χ2v) is 6.18. The van der Waals surface area contributed by atoms with Crippen LogP contribution in [0.3, 0.4) is 0 Å². The fourth-order valence-corrected chi connectivity index (χ4v) is 1.40. The van der Waals surface area contributed by atoms with Gasteiger partial charge in [-0.05, 0) is 24.3 Å². The molecule has 0 saturated carbocycles. The molecule has 0 fully saturated rings. The minimum atomic E-state index is -3.65. The molecule has 0 aliphatic rings. The Morgan fingerprint density at radius 2 is 1.56 bits per heavy atom. The summed E-state index contributed by atoms with van der Waals surface area (Å²) in [4.78, 5) is 8.32. The number of nitrogen functional groups attached to an aromatic ring is 1. The van der Waals surface area contributed by atoms with Gasteiger partial charge < -0.3 is 10.6 Å². The molecule has 0 aromatic heterocycles. The normalized spacial score (nSPS) is 11.6. The standard InChI is InChI=1S/C6H8N2O2S.C2H7O4P/c7-5-1-3-6(4-2-5)11(8,9)10;1-5-7(3,4)6-2/h1-4H,7H2,(H2,8,9,10);1-2H3,(H,3,4). The van der Waals surface area contributed by atoms with Crippen molar-refractivity contribution in [2.45, 2.75) is 4.90 Å². The maximum atomic E-state index is 10.7. The molecule has 0 bridgehead atoms. The molecule has 0 aliphatic carbocycles. The van der Waals surface area contributed by atoms with E-state index in [4.69, 9.17) is 15.8 Å². The van der Waals surface area contributed by atoms with E-state index < -0.39 is 17.8 Å². The van der Waals surface area contributed by atoms with Gasteiger partial charge in [0.2, 0.25) is 10.0 Å². The average molecular weight is 298 g/mol. The number of phosphoric acid groups is 1. The van der Waals surface area contributed by atoms with E-state index in [1.165, 1.54) is 24.3 Å². The van der Waals surface area contributed by atoms with Gasteiger partial charge in [-0.25, -0.2) is 18.1 Å². The Balaban J connectivity index is 0.000000360. The highest BCUT2D eigenvalue weighted by molar-refractivity contribution is 7.89. The van der Waals surface area contributed by atoms with E-state index in [9.17, 15) is 13.0 Å². The molecule has 10 heteroatoms. The number of phosphoric ester groups is 1. The first-order chi connectivity index (χ1) is 8.12. The Bertz CT molecular complexity index is 507. The van der Waals surface area contributed by atoms with Gasteiger partial charge in [-0.15, -0.1) is 0 Å². The number of benzene rings is 1. The van der Waals surface area contributed by atoms with Crippen molar-refractivity contribution in [1.29, 1.82) is 0 Å². The van der Waals surface area contributed by atoms with Gasteiger partial charge in [0.25, 0.3) is 0 Å². The van der Waals surface area contributed by atoms with E-state index in [2.05, 4.69) is 9.05 Å². The van der Waals surface area contributed by atoms with Gasteiger partial charge in [0.15, 0.2) is 0 Å². The van der Waals surface area contributed by atoms with Crippen LogP contribution >= 0.6 is 7.82 Å².